The van der Waals surface area contributed by atoms with Gasteiger partial charge in [0.2, 0.25) is 0 Å². The van der Waals surface area contributed by atoms with Gasteiger partial charge in [-0.2, -0.15) is 0 Å². The smallest absolute Gasteiger partial charge is 0.269 e. The molecule has 6 nitrogen and oxygen atoms in total. The van der Waals surface area contributed by atoms with Gasteiger partial charge in [0, 0.05) is 23.4 Å². The third-order valence-electron chi connectivity index (χ3n) is 2.36. The number of nitro groups is 1. The highest BCUT2D eigenvalue weighted by atomic mass is 16.6. The number of nitrogens with zero attached hydrogens (tertiary/aromatic N) is 1. The number of nitrogen functional groups attached to an aromatic ring is 1. The van der Waals surface area contributed by atoms with E-state index in [-0.39, 0.29) is 17.9 Å². The van der Waals surface area contributed by atoms with Crippen LogP contribution < -0.4 is 5.73 Å². The second-order valence-corrected chi connectivity index (χ2v) is 5.15. The van der Waals surface area contributed by atoms with Gasteiger partial charge in [-0.25, -0.2) is 0 Å². The lowest BCUT2D eigenvalue weighted by atomic mass is 10.2. The molecule has 0 bridgehead atoms. The second kappa shape index (κ2) is 6.49. The van der Waals surface area contributed by atoms with Gasteiger partial charge >= 0.3 is 0 Å². The van der Waals surface area contributed by atoms with Gasteiger partial charge in [0.1, 0.15) is 0 Å². The maximum absolute atomic E-state index is 10.7. The predicted molar refractivity (Wildman–Crippen MR) is 72.9 cm³/mol. The first-order valence-electron chi connectivity index (χ1n) is 6.04. The number of hydrogen-bond acceptors (Lipinski definition) is 5. The van der Waals surface area contributed by atoms with Crippen molar-refractivity contribution in [2.24, 2.45) is 0 Å². The van der Waals surface area contributed by atoms with E-state index in [1.54, 1.807) is 0 Å². The van der Waals surface area contributed by atoms with E-state index in [9.17, 15) is 10.1 Å². The molecule has 19 heavy (non-hydrogen) atoms. The molecule has 0 aliphatic heterocycles. The zero-order chi connectivity index (χ0) is 14.5. The molecule has 0 spiro atoms. The molecule has 1 aromatic carbocycles. The lowest BCUT2D eigenvalue weighted by Crippen LogP contribution is -2.21. The second-order valence-electron chi connectivity index (χ2n) is 5.15. The van der Waals surface area contributed by atoms with Crippen molar-refractivity contribution < 1.29 is 14.4 Å². The van der Waals surface area contributed by atoms with Gasteiger partial charge in [0.25, 0.3) is 5.69 Å². The lowest BCUT2D eigenvalue weighted by molar-refractivity contribution is -0.384. The normalized spacial score (nSPS) is 11.5. The molecule has 106 valence electrons. The first kappa shape index (κ1) is 15.4. The summed E-state index contributed by atoms with van der Waals surface area (Å²) in [5, 5.41) is 10.7. The van der Waals surface area contributed by atoms with Crippen LogP contribution in [0.2, 0.25) is 0 Å². The Hall–Kier alpha value is -1.66. The number of rotatable bonds is 6. The molecule has 0 saturated heterocycles. The van der Waals surface area contributed by atoms with Crippen LogP contribution >= 0.6 is 0 Å². The zero-order valence-electron chi connectivity index (χ0n) is 11.5. The van der Waals surface area contributed by atoms with Crippen molar-refractivity contribution in [3.05, 3.63) is 33.9 Å². The predicted octanol–water partition coefficient (Wildman–Crippen LogP) is 2.51. The van der Waals surface area contributed by atoms with E-state index in [0.717, 1.165) is 0 Å². The van der Waals surface area contributed by atoms with Crippen LogP contribution in [0.3, 0.4) is 0 Å². The first-order chi connectivity index (χ1) is 8.79. The number of non-ortho nitro benzene ring substituents is 1. The minimum absolute atomic E-state index is 0.0127. The fraction of sp³-hybridized carbons (Fsp3) is 0.538. The minimum atomic E-state index is -0.453. The van der Waals surface area contributed by atoms with Crippen LogP contribution in [0.15, 0.2) is 18.2 Å². The van der Waals surface area contributed by atoms with Crippen molar-refractivity contribution in [2.75, 3.05) is 18.9 Å². The lowest BCUT2D eigenvalue weighted by Gasteiger charge is -2.19. The molecule has 0 heterocycles. The van der Waals surface area contributed by atoms with Crippen LogP contribution in [-0.2, 0) is 16.1 Å². The van der Waals surface area contributed by atoms with Gasteiger partial charge in [-0.3, -0.25) is 10.1 Å². The number of nitro benzene ring substituents is 1. The highest BCUT2D eigenvalue weighted by Crippen LogP contribution is 2.20. The van der Waals surface area contributed by atoms with Crippen LogP contribution in [0, 0.1) is 10.1 Å². The van der Waals surface area contributed by atoms with E-state index in [2.05, 4.69) is 0 Å². The van der Waals surface area contributed by atoms with Crippen LogP contribution in [-0.4, -0.2) is 23.7 Å². The average Bonchev–Trinajstić information content (AvgIpc) is 2.29. The van der Waals surface area contributed by atoms with Crippen molar-refractivity contribution in [1.82, 2.24) is 0 Å². The first-order valence-corrected chi connectivity index (χ1v) is 6.04. The molecule has 0 aliphatic rings. The Morgan fingerprint density at radius 2 is 2.00 bits per heavy atom. The number of ether oxygens (including phenoxy) is 2. The molecule has 2 N–H and O–H groups in total. The van der Waals surface area contributed by atoms with E-state index >= 15 is 0 Å². The monoisotopic (exact) mass is 268 g/mol. The Balaban J connectivity index is 2.45. The van der Waals surface area contributed by atoms with Crippen molar-refractivity contribution in [3.8, 4) is 0 Å². The molecule has 1 aromatic rings. The molecule has 0 unspecified atom stereocenters. The maximum atomic E-state index is 10.7. The summed E-state index contributed by atoms with van der Waals surface area (Å²) in [5.41, 5.74) is 6.66. The van der Waals surface area contributed by atoms with Crippen LogP contribution in [0.1, 0.15) is 26.3 Å². The largest absolute Gasteiger partial charge is 0.398 e. The Labute approximate surface area is 112 Å². The van der Waals surface area contributed by atoms with Gasteiger partial charge in [0.05, 0.1) is 30.3 Å². The summed E-state index contributed by atoms with van der Waals surface area (Å²) >= 11 is 0. The Bertz CT molecular complexity index is 441. The molecule has 0 amide bonds. The molecule has 6 heteroatoms. The van der Waals surface area contributed by atoms with Crippen LogP contribution in [0.4, 0.5) is 11.4 Å². The molecule has 0 radical (unpaired) electrons. The van der Waals surface area contributed by atoms with E-state index in [1.807, 2.05) is 20.8 Å². The Kier molecular flexibility index (Phi) is 5.26. The molecule has 0 aromatic heterocycles. The summed E-state index contributed by atoms with van der Waals surface area (Å²) in [6, 6.07) is 4.32. The fourth-order valence-electron chi connectivity index (χ4n) is 1.42. The van der Waals surface area contributed by atoms with E-state index in [1.165, 1.54) is 18.2 Å². The number of hydrogen-bond donors (Lipinski definition) is 1. The summed E-state index contributed by atoms with van der Waals surface area (Å²) < 4.78 is 10.9. The number of benzene rings is 1. The standard InChI is InChI=1S/C13H20N2O4/c1-13(2,3)19-7-6-18-9-10-8-11(15(16)17)4-5-12(10)14/h4-5,8H,6-7,9,14H2,1-3H3. The molecular formula is C13H20N2O4. The van der Waals surface area contributed by atoms with Crippen LogP contribution in [0.25, 0.3) is 0 Å². The van der Waals surface area contributed by atoms with Crippen molar-refractivity contribution >= 4 is 11.4 Å². The van der Waals surface area contributed by atoms with Gasteiger partial charge in [-0.15, -0.1) is 0 Å². The third-order valence-corrected chi connectivity index (χ3v) is 2.36. The molecule has 0 fully saturated rings. The summed E-state index contributed by atoms with van der Waals surface area (Å²) in [4.78, 5) is 10.2. The van der Waals surface area contributed by atoms with Crippen LogP contribution in [0.5, 0.6) is 0 Å². The van der Waals surface area contributed by atoms with E-state index in [4.69, 9.17) is 15.2 Å². The number of nitrogens with two attached hydrogens (primary N) is 1. The fourth-order valence-corrected chi connectivity index (χ4v) is 1.42. The highest BCUT2D eigenvalue weighted by molar-refractivity contribution is 5.52. The molecule has 1 rings (SSSR count). The summed E-state index contributed by atoms with van der Waals surface area (Å²) in [6.07, 6.45) is 0. The third kappa shape index (κ3) is 5.67. The van der Waals surface area contributed by atoms with E-state index < -0.39 is 4.92 Å². The Morgan fingerprint density at radius 1 is 1.32 bits per heavy atom. The topological polar surface area (TPSA) is 87.6 Å². The quantitative estimate of drug-likeness (QED) is 0.370. The zero-order valence-corrected chi connectivity index (χ0v) is 11.5. The molecule has 0 atom stereocenters. The molecule has 0 saturated carbocycles. The van der Waals surface area contributed by atoms with Gasteiger partial charge < -0.3 is 15.2 Å². The number of anilines is 1. The summed E-state index contributed by atoms with van der Waals surface area (Å²) in [6.45, 7) is 7.02. The van der Waals surface area contributed by atoms with Gasteiger partial charge in [-0.05, 0) is 26.8 Å². The van der Waals surface area contributed by atoms with Gasteiger partial charge in [-0.1, -0.05) is 0 Å². The molecule has 0 aliphatic carbocycles. The van der Waals surface area contributed by atoms with Crippen molar-refractivity contribution in [2.45, 2.75) is 33.0 Å². The minimum Gasteiger partial charge on any atom is -0.398 e. The summed E-state index contributed by atoms with van der Waals surface area (Å²) in [5.74, 6) is 0. The SMILES string of the molecule is CC(C)(C)OCCOCc1cc([N+](=O)[O-])ccc1N. The van der Waals surface area contributed by atoms with Gasteiger partial charge in [0.15, 0.2) is 0 Å². The average molecular weight is 268 g/mol. The van der Waals surface area contributed by atoms with Crippen molar-refractivity contribution in [3.63, 3.8) is 0 Å². The molecular weight excluding hydrogens is 248 g/mol. The Morgan fingerprint density at radius 3 is 2.58 bits per heavy atom. The highest BCUT2D eigenvalue weighted by Gasteiger charge is 2.11. The maximum Gasteiger partial charge on any atom is 0.269 e. The van der Waals surface area contributed by atoms with E-state index in [0.29, 0.717) is 24.5 Å². The summed E-state index contributed by atoms with van der Waals surface area (Å²) in [7, 11) is 0. The van der Waals surface area contributed by atoms with Crippen molar-refractivity contribution in [1.29, 1.82) is 0 Å².